The van der Waals surface area contributed by atoms with Crippen molar-refractivity contribution in [3.05, 3.63) is 23.5 Å². The summed E-state index contributed by atoms with van der Waals surface area (Å²) in [5, 5.41) is 8.75. The van der Waals surface area contributed by atoms with Gasteiger partial charge in [0.2, 0.25) is 0 Å². The van der Waals surface area contributed by atoms with Gasteiger partial charge in [0.25, 0.3) is 0 Å². The Bertz CT molecular complexity index is 426. The highest BCUT2D eigenvalue weighted by molar-refractivity contribution is 5.98. The van der Waals surface area contributed by atoms with E-state index < -0.39 is 5.97 Å². The van der Waals surface area contributed by atoms with Gasteiger partial charge in [-0.1, -0.05) is 27.7 Å². The van der Waals surface area contributed by atoms with Crippen LogP contribution in [0.5, 0.6) is 0 Å². The lowest BCUT2D eigenvalue weighted by Crippen LogP contribution is -2.20. The Balaban J connectivity index is 2.73. The number of carbonyl (C=O) groups is 2. The first-order valence-corrected chi connectivity index (χ1v) is 5.66. The summed E-state index contributed by atoms with van der Waals surface area (Å²) in [5.74, 6) is -0.817. The predicted molar refractivity (Wildman–Crippen MR) is 65.3 cm³/mol. The number of carbonyl (C=O) groups excluding carboxylic acids is 1. The van der Waals surface area contributed by atoms with E-state index in [1.165, 1.54) is 12.3 Å². The molecule has 0 aliphatic rings. The fourth-order valence-electron chi connectivity index (χ4n) is 1.38. The molecule has 0 fully saturated rings. The maximum absolute atomic E-state index is 11.9. The fourth-order valence-corrected chi connectivity index (χ4v) is 1.38. The summed E-state index contributed by atoms with van der Waals surface area (Å²) in [6.45, 7) is 8.29. The van der Waals surface area contributed by atoms with E-state index in [-0.39, 0.29) is 22.8 Å². The first-order chi connectivity index (χ1) is 7.71. The molecule has 0 spiro atoms. The molecular weight excluding hydrogens is 218 g/mol. The first kappa shape index (κ1) is 13.5. The fraction of sp³-hybridized carbons (Fsp3) is 0.538. The van der Waals surface area contributed by atoms with Crippen molar-refractivity contribution in [2.24, 2.45) is 11.3 Å². The van der Waals surface area contributed by atoms with E-state index in [4.69, 9.17) is 5.11 Å². The van der Waals surface area contributed by atoms with Gasteiger partial charge in [0.05, 0.1) is 0 Å². The average Bonchev–Trinajstić information content (AvgIpc) is 2.64. The number of aromatic carboxylic acids is 1. The second kappa shape index (κ2) is 4.73. The van der Waals surface area contributed by atoms with Crippen LogP contribution in [0.1, 0.15) is 55.0 Å². The van der Waals surface area contributed by atoms with Crippen LogP contribution in [0.3, 0.4) is 0 Å². The molecule has 1 rings (SSSR count). The van der Waals surface area contributed by atoms with Crippen molar-refractivity contribution in [3.63, 3.8) is 0 Å². The Morgan fingerprint density at radius 3 is 2.41 bits per heavy atom. The lowest BCUT2D eigenvalue weighted by molar-refractivity contribution is 0.0691. The highest BCUT2D eigenvalue weighted by Crippen LogP contribution is 2.29. The zero-order valence-corrected chi connectivity index (χ0v) is 10.7. The number of H-pyrrole nitrogens is 1. The normalized spacial score (nSPS) is 13.4. The molecule has 0 radical (unpaired) electrons. The van der Waals surface area contributed by atoms with E-state index in [1.54, 1.807) is 0 Å². The highest BCUT2D eigenvalue weighted by Gasteiger charge is 2.23. The van der Waals surface area contributed by atoms with Gasteiger partial charge < -0.3 is 10.1 Å². The highest BCUT2D eigenvalue weighted by atomic mass is 16.4. The standard InChI is InChI=1S/C13H19NO3/c1-8(13(2,3)4)5-11(15)9-6-10(12(16)17)14-7-9/h6-8,14H,5H2,1-4H3,(H,16,17). The number of hydrogen-bond donors (Lipinski definition) is 2. The van der Waals surface area contributed by atoms with E-state index in [9.17, 15) is 9.59 Å². The molecule has 1 atom stereocenters. The van der Waals surface area contributed by atoms with Crippen LogP contribution >= 0.6 is 0 Å². The van der Waals surface area contributed by atoms with Crippen LogP contribution in [0.15, 0.2) is 12.3 Å². The minimum absolute atomic E-state index is 0.0174. The van der Waals surface area contributed by atoms with Crippen LogP contribution in [-0.2, 0) is 0 Å². The second-order valence-electron chi connectivity index (χ2n) is 5.50. The maximum atomic E-state index is 11.9. The molecule has 4 nitrogen and oxygen atoms in total. The van der Waals surface area contributed by atoms with Crippen molar-refractivity contribution in [1.29, 1.82) is 0 Å². The van der Waals surface area contributed by atoms with Crippen LogP contribution in [0, 0.1) is 11.3 Å². The Morgan fingerprint density at radius 2 is 2.00 bits per heavy atom. The van der Waals surface area contributed by atoms with Crippen molar-refractivity contribution in [2.75, 3.05) is 0 Å². The molecule has 0 saturated heterocycles. The molecule has 17 heavy (non-hydrogen) atoms. The molecule has 1 unspecified atom stereocenters. The van der Waals surface area contributed by atoms with Crippen molar-refractivity contribution >= 4 is 11.8 Å². The van der Waals surface area contributed by atoms with Gasteiger partial charge in [-0.2, -0.15) is 0 Å². The summed E-state index contributed by atoms with van der Waals surface area (Å²) >= 11 is 0. The van der Waals surface area contributed by atoms with Gasteiger partial charge in [0, 0.05) is 18.2 Å². The Morgan fingerprint density at radius 1 is 1.41 bits per heavy atom. The van der Waals surface area contributed by atoms with Crippen LogP contribution < -0.4 is 0 Å². The molecule has 0 saturated carbocycles. The molecule has 0 amide bonds. The Labute approximate surface area is 101 Å². The minimum atomic E-state index is -1.05. The monoisotopic (exact) mass is 237 g/mol. The van der Waals surface area contributed by atoms with E-state index in [1.807, 2.05) is 6.92 Å². The van der Waals surface area contributed by atoms with E-state index in [0.717, 1.165) is 0 Å². The number of carboxylic acids is 1. The third kappa shape index (κ3) is 3.44. The number of ketones is 1. The summed E-state index contributed by atoms with van der Waals surface area (Å²) in [5.41, 5.74) is 0.567. The average molecular weight is 237 g/mol. The molecule has 0 aromatic carbocycles. The van der Waals surface area contributed by atoms with Crippen LogP contribution in [0.4, 0.5) is 0 Å². The van der Waals surface area contributed by atoms with Crippen LogP contribution in [-0.4, -0.2) is 21.8 Å². The molecule has 0 aliphatic carbocycles. The third-order valence-corrected chi connectivity index (χ3v) is 3.21. The third-order valence-electron chi connectivity index (χ3n) is 3.21. The maximum Gasteiger partial charge on any atom is 0.352 e. The molecule has 4 heteroatoms. The second-order valence-corrected chi connectivity index (χ2v) is 5.50. The summed E-state index contributed by atoms with van der Waals surface area (Å²) in [6, 6.07) is 1.39. The van der Waals surface area contributed by atoms with Crippen molar-refractivity contribution < 1.29 is 14.7 Å². The smallest absolute Gasteiger partial charge is 0.352 e. The van der Waals surface area contributed by atoms with Crippen LogP contribution in [0.25, 0.3) is 0 Å². The number of carboxylic acid groups (broad SMARTS) is 1. The number of nitrogens with one attached hydrogen (secondary N) is 1. The molecule has 1 aromatic rings. The SMILES string of the molecule is CC(CC(=O)c1c[nH]c(C(=O)O)c1)C(C)(C)C. The predicted octanol–water partition coefficient (Wildman–Crippen LogP) is 2.97. The molecule has 2 N–H and O–H groups in total. The van der Waals surface area contributed by atoms with Crippen molar-refractivity contribution in [1.82, 2.24) is 4.98 Å². The van der Waals surface area contributed by atoms with Gasteiger partial charge in [0.15, 0.2) is 5.78 Å². The van der Waals surface area contributed by atoms with E-state index in [0.29, 0.717) is 12.0 Å². The summed E-state index contributed by atoms with van der Waals surface area (Å²) in [7, 11) is 0. The molecule has 0 aliphatic heterocycles. The molecule has 1 aromatic heterocycles. The minimum Gasteiger partial charge on any atom is -0.477 e. The lowest BCUT2D eigenvalue weighted by Gasteiger charge is -2.26. The van der Waals surface area contributed by atoms with E-state index in [2.05, 4.69) is 25.8 Å². The van der Waals surface area contributed by atoms with Crippen LogP contribution in [0.2, 0.25) is 0 Å². The van der Waals surface area contributed by atoms with Gasteiger partial charge in [-0.25, -0.2) is 4.79 Å². The number of hydrogen-bond acceptors (Lipinski definition) is 2. The number of Topliss-reactive ketones (excluding diaryl/α,β-unsaturated/α-hetero) is 1. The topological polar surface area (TPSA) is 70.2 Å². The van der Waals surface area contributed by atoms with Gasteiger partial charge in [-0.05, 0) is 17.4 Å². The summed E-state index contributed by atoms with van der Waals surface area (Å²) < 4.78 is 0. The van der Waals surface area contributed by atoms with Crippen molar-refractivity contribution in [2.45, 2.75) is 34.1 Å². The molecular formula is C13H19NO3. The Hall–Kier alpha value is -1.58. The number of aromatic amines is 1. The summed E-state index contributed by atoms with van der Waals surface area (Å²) in [4.78, 5) is 25.2. The zero-order chi connectivity index (χ0) is 13.2. The van der Waals surface area contributed by atoms with E-state index >= 15 is 0 Å². The number of rotatable bonds is 4. The Kier molecular flexibility index (Phi) is 3.76. The zero-order valence-electron chi connectivity index (χ0n) is 10.7. The van der Waals surface area contributed by atoms with Gasteiger partial charge >= 0.3 is 5.97 Å². The van der Waals surface area contributed by atoms with Gasteiger partial charge in [-0.3, -0.25) is 4.79 Å². The largest absolute Gasteiger partial charge is 0.477 e. The number of aromatic nitrogens is 1. The van der Waals surface area contributed by atoms with Gasteiger partial charge in [-0.15, -0.1) is 0 Å². The quantitative estimate of drug-likeness (QED) is 0.791. The first-order valence-electron chi connectivity index (χ1n) is 5.66. The molecule has 1 heterocycles. The molecule has 0 bridgehead atoms. The summed E-state index contributed by atoms with van der Waals surface area (Å²) in [6.07, 6.45) is 1.89. The molecule has 94 valence electrons. The van der Waals surface area contributed by atoms with Gasteiger partial charge in [0.1, 0.15) is 5.69 Å². The van der Waals surface area contributed by atoms with Crippen molar-refractivity contribution in [3.8, 4) is 0 Å². The lowest BCUT2D eigenvalue weighted by atomic mass is 9.79.